The predicted octanol–water partition coefficient (Wildman–Crippen LogP) is 2.71. The highest BCUT2D eigenvalue weighted by molar-refractivity contribution is 5.78. The molecule has 0 spiro atoms. The van der Waals surface area contributed by atoms with Crippen molar-refractivity contribution in [2.75, 3.05) is 24.3 Å². The van der Waals surface area contributed by atoms with Crippen LogP contribution >= 0.6 is 0 Å². The van der Waals surface area contributed by atoms with Crippen LogP contribution in [0.15, 0.2) is 22.6 Å². The molecule has 0 unspecified atom stereocenters. The molecule has 0 bridgehead atoms. The van der Waals surface area contributed by atoms with Gasteiger partial charge in [0.25, 0.3) is 6.01 Å². The fourth-order valence-corrected chi connectivity index (χ4v) is 1.53. The fraction of sp³-hybridized carbons (Fsp3) is 0.417. The lowest BCUT2D eigenvalue weighted by Gasteiger charge is -2.08. The molecule has 86 valence electrons. The Balaban J connectivity index is 2.38. The lowest BCUT2D eigenvalue weighted by atomic mass is 10.2. The molecule has 2 aromatic rings. The number of benzene rings is 1. The van der Waals surface area contributed by atoms with E-state index in [9.17, 15) is 0 Å². The maximum absolute atomic E-state index is 5.58. The number of hydrogen-bond acceptors (Lipinski definition) is 4. The van der Waals surface area contributed by atoms with Crippen LogP contribution in [0.1, 0.15) is 13.8 Å². The van der Waals surface area contributed by atoms with Gasteiger partial charge in [-0.15, -0.1) is 0 Å². The topological polar surface area (TPSA) is 41.3 Å². The zero-order valence-corrected chi connectivity index (χ0v) is 10.1. The minimum absolute atomic E-state index is 0.415. The van der Waals surface area contributed by atoms with E-state index in [-0.39, 0.29) is 0 Å². The third-order valence-electron chi connectivity index (χ3n) is 2.21. The third kappa shape index (κ3) is 2.10. The van der Waals surface area contributed by atoms with Gasteiger partial charge in [-0.05, 0) is 32.0 Å². The molecule has 1 aromatic heterocycles. The molecule has 0 fully saturated rings. The van der Waals surface area contributed by atoms with Crippen LogP contribution in [0.25, 0.3) is 11.1 Å². The summed E-state index contributed by atoms with van der Waals surface area (Å²) in [4.78, 5) is 6.26. The quantitative estimate of drug-likeness (QED) is 0.861. The lowest BCUT2D eigenvalue weighted by molar-refractivity contribution is 0.597. The molecule has 1 N–H and O–H groups in total. The molecule has 1 heterocycles. The molecule has 0 aliphatic rings. The van der Waals surface area contributed by atoms with Crippen molar-refractivity contribution in [1.82, 2.24) is 4.98 Å². The Kier molecular flexibility index (Phi) is 2.73. The van der Waals surface area contributed by atoms with Crippen molar-refractivity contribution in [3.8, 4) is 0 Å². The summed E-state index contributed by atoms with van der Waals surface area (Å²) in [6, 6.07) is 7.01. The monoisotopic (exact) mass is 219 g/mol. The Bertz CT molecular complexity index is 488. The van der Waals surface area contributed by atoms with Crippen molar-refractivity contribution in [2.24, 2.45) is 0 Å². The first-order valence-electron chi connectivity index (χ1n) is 5.40. The van der Waals surface area contributed by atoms with Gasteiger partial charge in [0.05, 0.1) is 0 Å². The van der Waals surface area contributed by atoms with Crippen molar-refractivity contribution in [1.29, 1.82) is 0 Å². The number of aromatic nitrogens is 1. The standard InChI is InChI=1S/C12H17N3O/c1-8(2)13-9-5-6-11-10(7-9)14-12(16-11)15(3)4/h5-8,13H,1-4H3. The van der Waals surface area contributed by atoms with Crippen LogP contribution in [-0.2, 0) is 0 Å². The van der Waals surface area contributed by atoms with Crippen LogP contribution < -0.4 is 10.2 Å². The Morgan fingerprint density at radius 1 is 1.31 bits per heavy atom. The van der Waals surface area contributed by atoms with Gasteiger partial charge in [-0.1, -0.05) is 0 Å². The zero-order valence-electron chi connectivity index (χ0n) is 10.1. The molecule has 0 aliphatic heterocycles. The molecular formula is C12H17N3O. The summed E-state index contributed by atoms with van der Waals surface area (Å²) in [6.07, 6.45) is 0. The van der Waals surface area contributed by atoms with Crippen molar-refractivity contribution in [2.45, 2.75) is 19.9 Å². The molecular weight excluding hydrogens is 202 g/mol. The lowest BCUT2D eigenvalue weighted by Crippen LogP contribution is -2.09. The van der Waals surface area contributed by atoms with E-state index in [1.54, 1.807) is 0 Å². The van der Waals surface area contributed by atoms with Gasteiger partial charge in [0.2, 0.25) is 0 Å². The van der Waals surface area contributed by atoms with E-state index in [0.29, 0.717) is 12.1 Å². The summed E-state index contributed by atoms with van der Waals surface area (Å²) in [5, 5.41) is 3.34. The summed E-state index contributed by atoms with van der Waals surface area (Å²) < 4.78 is 5.58. The Morgan fingerprint density at radius 3 is 2.69 bits per heavy atom. The second-order valence-electron chi connectivity index (χ2n) is 4.37. The van der Waals surface area contributed by atoms with E-state index in [2.05, 4.69) is 24.1 Å². The van der Waals surface area contributed by atoms with Gasteiger partial charge in [-0.25, -0.2) is 0 Å². The minimum atomic E-state index is 0.415. The molecule has 0 aliphatic carbocycles. The van der Waals surface area contributed by atoms with Gasteiger partial charge in [0, 0.05) is 25.8 Å². The number of fused-ring (bicyclic) bond motifs is 1. The van der Waals surface area contributed by atoms with Crippen LogP contribution in [-0.4, -0.2) is 25.1 Å². The summed E-state index contributed by atoms with van der Waals surface area (Å²) >= 11 is 0. The summed E-state index contributed by atoms with van der Waals surface area (Å²) in [5.74, 6) is 0. The van der Waals surface area contributed by atoms with Crippen LogP contribution in [0.2, 0.25) is 0 Å². The third-order valence-corrected chi connectivity index (χ3v) is 2.21. The highest BCUT2D eigenvalue weighted by Crippen LogP contribution is 2.23. The highest BCUT2D eigenvalue weighted by Gasteiger charge is 2.07. The summed E-state index contributed by atoms with van der Waals surface area (Å²) in [6.45, 7) is 4.22. The van der Waals surface area contributed by atoms with Gasteiger partial charge in [0.1, 0.15) is 5.52 Å². The fourth-order valence-electron chi connectivity index (χ4n) is 1.53. The maximum Gasteiger partial charge on any atom is 0.297 e. The number of hydrogen-bond donors (Lipinski definition) is 1. The first-order chi connectivity index (χ1) is 7.56. The number of oxazole rings is 1. The smallest absolute Gasteiger partial charge is 0.297 e. The van der Waals surface area contributed by atoms with E-state index in [4.69, 9.17) is 4.42 Å². The normalized spacial score (nSPS) is 11.1. The van der Waals surface area contributed by atoms with Crippen molar-refractivity contribution in [3.05, 3.63) is 18.2 Å². The zero-order chi connectivity index (χ0) is 11.7. The van der Waals surface area contributed by atoms with E-state index in [1.807, 2.05) is 37.2 Å². The SMILES string of the molecule is CC(C)Nc1ccc2oc(N(C)C)nc2c1. The van der Waals surface area contributed by atoms with Crippen LogP contribution in [0.3, 0.4) is 0 Å². The van der Waals surface area contributed by atoms with E-state index >= 15 is 0 Å². The molecule has 0 amide bonds. The van der Waals surface area contributed by atoms with Crippen molar-refractivity contribution in [3.63, 3.8) is 0 Å². The average molecular weight is 219 g/mol. The average Bonchev–Trinajstić information content (AvgIpc) is 2.59. The molecule has 0 atom stereocenters. The van der Waals surface area contributed by atoms with Gasteiger partial charge in [-0.2, -0.15) is 4.98 Å². The molecule has 16 heavy (non-hydrogen) atoms. The Hall–Kier alpha value is -1.71. The maximum atomic E-state index is 5.58. The summed E-state index contributed by atoms with van der Waals surface area (Å²) in [7, 11) is 3.83. The number of nitrogens with zero attached hydrogens (tertiary/aromatic N) is 2. The van der Waals surface area contributed by atoms with Crippen LogP contribution in [0.5, 0.6) is 0 Å². The largest absolute Gasteiger partial charge is 0.423 e. The molecule has 0 radical (unpaired) electrons. The van der Waals surface area contributed by atoms with E-state index < -0.39 is 0 Å². The number of anilines is 2. The number of nitrogens with one attached hydrogen (secondary N) is 1. The molecule has 4 heteroatoms. The van der Waals surface area contributed by atoms with Gasteiger partial charge in [-0.3, -0.25) is 0 Å². The van der Waals surface area contributed by atoms with E-state index in [0.717, 1.165) is 16.8 Å². The molecule has 0 saturated heterocycles. The predicted molar refractivity (Wildman–Crippen MR) is 67.1 cm³/mol. The van der Waals surface area contributed by atoms with Crippen molar-refractivity contribution >= 4 is 22.8 Å². The molecule has 2 rings (SSSR count). The first kappa shape index (κ1) is 10.8. The van der Waals surface area contributed by atoms with Gasteiger partial charge in [0.15, 0.2) is 5.58 Å². The first-order valence-corrected chi connectivity index (χ1v) is 5.40. The van der Waals surface area contributed by atoms with Crippen LogP contribution in [0.4, 0.5) is 11.7 Å². The van der Waals surface area contributed by atoms with Crippen LogP contribution in [0, 0.1) is 0 Å². The van der Waals surface area contributed by atoms with Gasteiger partial charge < -0.3 is 14.6 Å². The second-order valence-corrected chi connectivity index (χ2v) is 4.37. The molecule has 4 nitrogen and oxygen atoms in total. The Labute approximate surface area is 95.3 Å². The highest BCUT2D eigenvalue weighted by atomic mass is 16.4. The van der Waals surface area contributed by atoms with E-state index in [1.165, 1.54) is 0 Å². The Morgan fingerprint density at radius 2 is 2.06 bits per heavy atom. The van der Waals surface area contributed by atoms with Gasteiger partial charge >= 0.3 is 0 Å². The number of rotatable bonds is 3. The minimum Gasteiger partial charge on any atom is -0.423 e. The molecule has 1 aromatic carbocycles. The summed E-state index contributed by atoms with van der Waals surface area (Å²) in [5.41, 5.74) is 2.77. The second kappa shape index (κ2) is 4.04. The van der Waals surface area contributed by atoms with Crippen molar-refractivity contribution < 1.29 is 4.42 Å². The molecule has 0 saturated carbocycles.